The van der Waals surface area contributed by atoms with Crippen molar-refractivity contribution in [1.82, 2.24) is 0 Å². The molecule has 0 aliphatic carbocycles. The van der Waals surface area contributed by atoms with Gasteiger partial charge in [0.2, 0.25) is 0 Å². The summed E-state index contributed by atoms with van der Waals surface area (Å²) in [7, 11) is 2.47. The molecular weight excluding hydrogens is 468 g/mol. The highest BCUT2D eigenvalue weighted by atomic mass is 127. The van der Waals surface area contributed by atoms with Crippen LogP contribution in [0.15, 0.2) is 47.8 Å². The Bertz CT molecular complexity index is 763. The number of nitrogens with zero attached hydrogens (tertiary/aromatic N) is 1. The third-order valence-corrected chi connectivity index (χ3v) is 4.44. The minimum atomic E-state index is -0.701. The first-order valence-electron chi connectivity index (χ1n) is 6.60. The number of carbonyl (C=O) groups is 2. The molecule has 0 radical (unpaired) electrons. The zero-order chi connectivity index (χ0) is 17.9. The number of anilines is 1. The Morgan fingerprint density at radius 3 is 2.33 bits per heavy atom. The first-order valence-corrected chi connectivity index (χ1v) is 8.43. The van der Waals surface area contributed by atoms with Crippen molar-refractivity contribution < 1.29 is 19.1 Å². The molecule has 0 saturated heterocycles. The van der Waals surface area contributed by atoms with E-state index in [2.05, 4.69) is 22.6 Å². The fraction of sp³-hybridized carbons (Fsp3) is 0.125. The van der Waals surface area contributed by atoms with E-state index in [1.807, 2.05) is 0 Å². The largest absolute Gasteiger partial charge is 0.465 e. The molecular formula is C16H12Cl2INO4. The molecule has 0 unspecified atom stereocenters. The molecule has 1 heterocycles. The summed E-state index contributed by atoms with van der Waals surface area (Å²) >= 11 is 14.4. The van der Waals surface area contributed by atoms with Crippen LogP contribution in [0.5, 0.6) is 0 Å². The first-order chi connectivity index (χ1) is 11.4. The fourth-order valence-electron chi connectivity index (χ4n) is 2.10. The van der Waals surface area contributed by atoms with Crippen molar-refractivity contribution in [2.75, 3.05) is 19.1 Å². The third-order valence-electron chi connectivity index (χ3n) is 3.11. The Balaban J connectivity index is 2.75. The minimum Gasteiger partial charge on any atom is -0.465 e. The number of halogens is 3. The van der Waals surface area contributed by atoms with E-state index in [1.165, 1.54) is 25.2 Å². The smallest absolute Gasteiger partial charge is 0.355 e. The summed E-state index contributed by atoms with van der Waals surface area (Å²) in [6.45, 7) is 0. The van der Waals surface area contributed by atoms with Gasteiger partial charge >= 0.3 is 11.9 Å². The average Bonchev–Trinajstić information content (AvgIpc) is 2.75. The van der Waals surface area contributed by atoms with Crippen LogP contribution >= 0.6 is 45.8 Å². The number of benzene rings is 1. The minimum absolute atomic E-state index is 0.00325. The Labute approximate surface area is 162 Å². The van der Waals surface area contributed by atoms with Gasteiger partial charge in [0.25, 0.3) is 0 Å². The predicted molar refractivity (Wildman–Crippen MR) is 101 cm³/mol. The highest BCUT2D eigenvalue weighted by Crippen LogP contribution is 2.38. The maximum atomic E-state index is 12.4. The molecule has 0 atom stereocenters. The molecule has 0 spiro atoms. The van der Waals surface area contributed by atoms with E-state index in [0.29, 0.717) is 19.3 Å². The van der Waals surface area contributed by atoms with Crippen LogP contribution in [0.4, 0.5) is 5.69 Å². The van der Waals surface area contributed by atoms with Crippen molar-refractivity contribution >= 4 is 63.4 Å². The van der Waals surface area contributed by atoms with Crippen LogP contribution in [0, 0.1) is 3.57 Å². The molecule has 2 rings (SSSR count). The van der Waals surface area contributed by atoms with Gasteiger partial charge < -0.3 is 14.4 Å². The van der Waals surface area contributed by atoms with Gasteiger partial charge in [-0.15, -0.1) is 0 Å². The topological polar surface area (TPSA) is 55.8 Å². The summed E-state index contributed by atoms with van der Waals surface area (Å²) in [6.07, 6.45) is 6.37. The highest BCUT2D eigenvalue weighted by Gasteiger charge is 2.29. The number of hydrogen-bond donors (Lipinski definition) is 0. The van der Waals surface area contributed by atoms with Gasteiger partial charge in [0.05, 0.1) is 30.5 Å². The molecule has 1 aromatic rings. The second-order valence-electron chi connectivity index (χ2n) is 4.53. The number of methoxy groups -OCH3 is 2. The second-order valence-corrected chi connectivity index (χ2v) is 6.54. The number of carbonyl (C=O) groups excluding carboxylic acids is 2. The lowest BCUT2D eigenvalue weighted by Crippen LogP contribution is -2.27. The summed E-state index contributed by atoms with van der Waals surface area (Å²) in [4.78, 5) is 25.9. The van der Waals surface area contributed by atoms with Gasteiger partial charge in [-0.3, -0.25) is 0 Å². The fourth-order valence-corrected chi connectivity index (χ4v) is 3.92. The molecule has 0 fully saturated rings. The van der Waals surface area contributed by atoms with Crippen LogP contribution < -0.4 is 4.90 Å². The monoisotopic (exact) mass is 479 g/mol. The summed E-state index contributed by atoms with van der Waals surface area (Å²) in [6, 6.07) is 3.25. The zero-order valence-corrected chi connectivity index (χ0v) is 16.3. The maximum Gasteiger partial charge on any atom is 0.355 e. The van der Waals surface area contributed by atoms with E-state index >= 15 is 0 Å². The average molecular weight is 480 g/mol. The van der Waals surface area contributed by atoms with E-state index < -0.39 is 11.9 Å². The van der Waals surface area contributed by atoms with E-state index in [-0.39, 0.29) is 11.3 Å². The molecule has 0 aromatic heterocycles. The number of allylic oxidation sites excluding steroid dienone is 2. The van der Waals surface area contributed by atoms with E-state index in [9.17, 15) is 9.59 Å². The molecule has 0 saturated carbocycles. The predicted octanol–water partition coefficient (Wildman–Crippen LogP) is 4.09. The molecule has 1 aliphatic rings. The quantitative estimate of drug-likeness (QED) is 0.482. The van der Waals surface area contributed by atoms with Gasteiger partial charge in [0, 0.05) is 14.8 Å². The molecule has 0 bridgehead atoms. The Kier molecular flexibility index (Phi) is 6.31. The van der Waals surface area contributed by atoms with E-state index in [0.717, 1.165) is 0 Å². The van der Waals surface area contributed by atoms with Crippen molar-refractivity contribution in [1.29, 1.82) is 0 Å². The number of esters is 2. The lowest BCUT2D eigenvalue weighted by Gasteiger charge is -2.25. The van der Waals surface area contributed by atoms with Crippen LogP contribution in [-0.2, 0) is 19.1 Å². The van der Waals surface area contributed by atoms with E-state index in [1.54, 1.807) is 30.5 Å². The van der Waals surface area contributed by atoms with Gasteiger partial charge in [-0.05, 0) is 46.9 Å². The number of ether oxygens (including phenoxy) is 2. The molecule has 0 amide bonds. The van der Waals surface area contributed by atoms with Crippen LogP contribution in [0.3, 0.4) is 0 Å². The van der Waals surface area contributed by atoms with Crippen LogP contribution in [0.1, 0.15) is 0 Å². The van der Waals surface area contributed by atoms with Crippen LogP contribution in [-0.4, -0.2) is 26.2 Å². The molecule has 0 N–H and O–H groups in total. The van der Waals surface area contributed by atoms with Crippen molar-refractivity contribution in [3.8, 4) is 0 Å². The summed E-state index contributed by atoms with van der Waals surface area (Å²) in [5.74, 6) is -1.37. The SMILES string of the molecule is COC(=O)C1=C(C(=O)OC)N(c2c(Cl)cc(Cl)cc2I)C=CC=C1. The summed E-state index contributed by atoms with van der Waals surface area (Å²) in [5, 5.41) is 0.783. The molecule has 126 valence electrons. The molecule has 1 aliphatic heterocycles. The maximum absolute atomic E-state index is 12.4. The van der Waals surface area contributed by atoms with Crippen LogP contribution in [0.25, 0.3) is 0 Å². The normalized spacial score (nSPS) is 13.8. The molecule has 24 heavy (non-hydrogen) atoms. The Morgan fingerprint density at radius 2 is 1.75 bits per heavy atom. The van der Waals surface area contributed by atoms with Crippen molar-refractivity contribution in [2.24, 2.45) is 0 Å². The molecule has 1 aromatic carbocycles. The second kappa shape index (κ2) is 8.04. The molecule has 8 heteroatoms. The summed E-state index contributed by atoms with van der Waals surface area (Å²) in [5.41, 5.74) is 0.552. The highest BCUT2D eigenvalue weighted by molar-refractivity contribution is 14.1. The van der Waals surface area contributed by atoms with E-state index in [4.69, 9.17) is 32.7 Å². The zero-order valence-electron chi connectivity index (χ0n) is 12.7. The van der Waals surface area contributed by atoms with Crippen LogP contribution in [0.2, 0.25) is 10.0 Å². The third kappa shape index (κ3) is 3.76. The van der Waals surface area contributed by atoms with Gasteiger partial charge in [-0.2, -0.15) is 0 Å². The van der Waals surface area contributed by atoms with Gasteiger partial charge in [-0.1, -0.05) is 29.3 Å². The Morgan fingerprint density at radius 1 is 1.08 bits per heavy atom. The van der Waals surface area contributed by atoms with Crippen molar-refractivity contribution in [3.63, 3.8) is 0 Å². The van der Waals surface area contributed by atoms with Gasteiger partial charge in [0.15, 0.2) is 0 Å². The number of hydrogen-bond acceptors (Lipinski definition) is 5. The summed E-state index contributed by atoms with van der Waals surface area (Å²) < 4.78 is 10.3. The van der Waals surface area contributed by atoms with Crippen molar-refractivity contribution in [3.05, 3.63) is 61.4 Å². The lowest BCUT2D eigenvalue weighted by molar-refractivity contribution is -0.139. The van der Waals surface area contributed by atoms with Crippen molar-refractivity contribution in [2.45, 2.75) is 0 Å². The Hall–Kier alpha value is -1.51. The number of rotatable bonds is 3. The van der Waals surface area contributed by atoms with Gasteiger partial charge in [-0.25, -0.2) is 9.59 Å². The van der Waals surface area contributed by atoms with Gasteiger partial charge in [0.1, 0.15) is 5.70 Å². The molecule has 5 nitrogen and oxygen atoms in total. The standard InChI is InChI=1S/C16H12Cl2INO4/c1-23-15(21)10-5-3-4-6-20(13(10)16(22)24-2)14-11(18)7-9(17)8-12(14)19/h3-8H,1-2H3. The lowest BCUT2D eigenvalue weighted by atomic mass is 10.1. The first kappa shape index (κ1) is 18.8.